The fourth-order valence-electron chi connectivity index (χ4n) is 2.65. The van der Waals surface area contributed by atoms with Crippen molar-refractivity contribution in [3.05, 3.63) is 40.3 Å². The number of carbonyl (C=O) groups excluding carboxylic acids is 1. The maximum atomic E-state index is 12.2. The highest BCUT2D eigenvalue weighted by molar-refractivity contribution is 7.08. The van der Waals surface area contributed by atoms with Gasteiger partial charge in [0.05, 0.1) is 5.69 Å². The highest BCUT2D eigenvalue weighted by Crippen LogP contribution is 2.26. The summed E-state index contributed by atoms with van der Waals surface area (Å²) < 4.78 is 10.7. The van der Waals surface area contributed by atoms with Crippen molar-refractivity contribution in [2.45, 2.75) is 25.4 Å². The summed E-state index contributed by atoms with van der Waals surface area (Å²) in [6.07, 6.45) is 2.32. The van der Waals surface area contributed by atoms with Crippen molar-refractivity contribution in [3.63, 3.8) is 0 Å². The van der Waals surface area contributed by atoms with Crippen LogP contribution >= 0.6 is 11.3 Å². The Morgan fingerprint density at radius 2 is 2.44 bits per heavy atom. The van der Waals surface area contributed by atoms with Gasteiger partial charge in [0.15, 0.2) is 5.82 Å². The van der Waals surface area contributed by atoms with E-state index in [1.165, 1.54) is 0 Å². The average molecular weight is 359 g/mol. The second-order valence-electron chi connectivity index (χ2n) is 5.74. The Kier molecular flexibility index (Phi) is 4.57. The van der Waals surface area contributed by atoms with E-state index in [1.54, 1.807) is 17.4 Å². The number of aromatic amines is 1. The number of ether oxygens (including phenoxy) is 1. The summed E-state index contributed by atoms with van der Waals surface area (Å²) in [4.78, 5) is 16.5. The first-order chi connectivity index (χ1) is 12.3. The molecule has 1 saturated heterocycles. The maximum absolute atomic E-state index is 12.2. The van der Waals surface area contributed by atoms with Crippen LogP contribution in [0.15, 0.2) is 27.4 Å². The van der Waals surface area contributed by atoms with Crippen LogP contribution in [0.2, 0.25) is 0 Å². The van der Waals surface area contributed by atoms with Gasteiger partial charge in [-0.05, 0) is 30.4 Å². The molecule has 1 atom stereocenters. The molecule has 1 aliphatic rings. The van der Waals surface area contributed by atoms with Crippen molar-refractivity contribution in [2.24, 2.45) is 0 Å². The number of nitrogens with one attached hydrogen (secondary N) is 2. The molecule has 0 spiro atoms. The Morgan fingerprint density at radius 3 is 3.24 bits per heavy atom. The van der Waals surface area contributed by atoms with Crippen LogP contribution in [0, 0.1) is 0 Å². The molecule has 3 aromatic heterocycles. The molecule has 1 amide bonds. The van der Waals surface area contributed by atoms with Gasteiger partial charge >= 0.3 is 0 Å². The summed E-state index contributed by atoms with van der Waals surface area (Å²) in [5.41, 5.74) is 2.17. The molecule has 9 heteroatoms. The second-order valence-corrected chi connectivity index (χ2v) is 6.52. The number of H-pyrrole nitrogens is 1. The van der Waals surface area contributed by atoms with E-state index in [4.69, 9.17) is 9.26 Å². The largest absolute Gasteiger partial charge is 0.368 e. The van der Waals surface area contributed by atoms with Crippen LogP contribution in [-0.2, 0) is 11.2 Å². The van der Waals surface area contributed by atoms with Gasteiger partial charge in [0.2, 0.25) is 0 Å². The number of hydrogen-bond acceptors (Lipinski definition) is 7. The van der Waals surface area contributed by atoms with Gasteiger partial charge in [-0.2, -0.15) is 21.4 Å². The lowest BCUT2D eigenvalue weighted by Crippen LogP contribution is -2.26. The van der Waals surface area contributed by atoms with E-state index in [0.717, 1.165) is 30.7 Å². The van der Waals surface area contributed by atoms with E-state index in [2.05, 4.69) is 25.7 Å². The van der Waals surface area contributed by atoms with Crippen LogP contribution in [0.25, 0.3) is 11.3 Å². The molecule has 1 fully saturated rings. The Labute approximate surface area is 147 Å². The Hall–Kier alpha value is -2.52. The third-order valence-corrected chi connectivity index (χ3v) is 4.65. The molecule has 25 heavy (non-hydrogen) atoms. The lowest BCUT2D eigenvalue weighted by Gasteiger charge is -2.01. The molecule has 3 aromatic rings. The monoisotopic (exact) mass is 359 g/mol. The van der Waals surface area contributed by atoms with E-state index < -0.39 is 0 Å². The lowest BCUT2D eigenvalue weighted by molar-refractivity contribution is 0.0835. The van der Waals surface area contributed by atoms with Gasteiger partial charge in [-0.15, -0.1) is 0 Å². The Bertz CT molecular complexity index is 836. The molecule has 2 N–H and O–H groups in total. The highest BCUT2D eigenvalue weighted by Gasteiger charge is 2.23. The molecule has 0 unspecified atom stereocenters. The van der Waals surface area contributed by atoms with Crippen molar-refractivity contribution in [3.8, 4) is 11.3 Å². The average Bonchev–Trinajstić information content (AvgIpc) is 3.42. The third-order valence-electron chi connectivity index (χ3n) is 3.96. The molecular weight excluding hydrogens is 342 g/mol. The predicted octanol–water partition coefficient (Wildman–Crippen LogP) is 2.35. The van der Waals surface area contributed by atoms with Crippen molar-refractivity contribution >= 4 is 17.2 Å². The number of carbonyl (C=O) groups is 1. The van der Waals surface area contributed by atoms with Crippen LogP contribution in [0.4, 0.5) is 0 Å². The van der Waals surface area contributed by atoms with Crippen molar-refractivity contribution in [1.29, 1.82) is 0 Å². The second kappa shape index (κ2) is 7.16. The molecule has 0 radical (unpaired) electrons. The minimum atomic E-state index is -0.211. The minimum absolute atomic E-state index is 0.0867. The first-order valence-corrected chi connectivity index (χ1v) is 9.04. The fraction of sp³-hybridized carbons (Fsp3) is 0.375. The minimum Gasteiger partial charge on any atom is -0.368 e. The van der Waals surface area contributed by atoms with Gasteiger partial charge in [0, 0.05) is 30.5 Å². The van der Waals surface area contributed by atoms with Crippen LogP contribution in [0.3, 0.4) is 0 Å². The topological polar surface area (TPSA) is 106 Å². The number of thiophene rings is 1. The smallest absolute Gasteiger partial charge is 0.269 e. The van der Waals surface area contributed by atoms with E-state index >= 15 is 0 Å². The quantitative estimate of drug-likeness (QED) is 0.700. The van der Waals surface area contributed by atoms with Crippen LogP contribution in [0.1, 0.15) is 41.1 Å². The lowest BCUT2D eigenvalue weighted by atomic mass is 10.2. The van der Waals surface area contributed by atoms with E-state index in [0.29, 0.717) is 30.4 Å². The van der Waals surface area contributed by atoms with Crippen LogP contribution in [-0.4, -0.2) is 39.4 Å². The molecule has 0 saturated carbocycles. The summed E-state index contributed by atoms with van der Waals surface area (Å²) in [6.45, 7) is 1.14. The van der Waals surface area contributed by atoms with E-state index in [1.807, 2.05) is 16.8 Å². The SMILES string of the molecule is O=C(NCCc1noc([C@@H]2CCCO2)n1)c1cc(-c2ccsc2)n[nH]1. The summed E-state index contributed by atoms with van der Waals surface area (Å²) >= 11 is 1.59. The first-order valence-electron chi connectivity index (χ1n) is 8.10. The normalized spacial score (nSPS) is 17.0. The molecule has 4 rings (SSSR count). The summed E-state index contributed by atoms with van der Waals surface area (Å²) in [6, 6.07) is 3.70. The molecule has 8 nitrogen and oxygen atoms in total. The predicted molar refractivity (Wildman–Crippen MR) is 90.2 cm³/mol. The number of amides is 1. The summed E-state index contributed by atoms with van der Waals surface area (Å²) in [5, 5.41) is 17.6. The zero-order valence-electron chi connectivity index (χ0n) is 13.4. The molecule has 0 aliphatic carbocycles. The number of rotatable bonds is 6. The molecule has 0 bridgehead atoms. The standard InChI is InChI=1S/C16H17N5O3S/c22-15(12-8-11(19-20-12)10-4-7-25-9-10)17-5-3-14-18-16(24-21-14)13-2-1-6-23-13/h4,7-9,13H,1-3,5-6H2,(H,17,22)(H,19,20)/t13-/m0/s1. The first kappa shape index (κ1) is 16.0. The van der Waals surface area contributed by atoms with Gasteiger partial charge in [-0.25, -0.2) is 0 Å². The summed E-state index contributed by atoms with van der Waals surface area (Å²) in [5.74, 6) is 0.874. The van der Waals surface area contributed by atoms with E-state index in [-0.39, 0.29) is 12.0 Å². The molecular formula is C16H17N5O3S. The van der Waals surface area contributed by atoms with Crippen molar-refractivity contribution in [1.82, 2.24) is 25.7 Å². The fourth-order valence-corrected chi connectivity index (χ4v) is 3.30. The number of hydrogen-bond donors (Lipinski definition) is 2. The van der Waals surface area contributed by atoms with Gasteiger partial charge in [-0.3, -0.25) is 9.89 Å². The number of nitrogens with zero attached hydrogens (tertiary/aromatic N) is 3. The zero-order chi connectivity index (χ0) is 17.1. The molecule has 0 aromatic carbocycles. The van der Waals surface area contributed by atoms with Crippen molar-refractivity contribution < 1.29 is 14.1 Å². The van der Waals surface area contributed by atoms with Gasteiger partial charge < -0.3 is 14.6 Å². The Balaban J connectivity index is 1.29. The van der Waals surface area contributed by atoms with Gasteiger partial charge in [-0.1, -0.05) is 5.16 Å². The summed E-state index contributed by atoms with van der Waals surface area (Å²) in [7, 11) is 0. The van der Waals surface area contributed by atoms with Crippen molar-refractivity contribution in [2.75, 3.05) is 13.2 Å². The highest BCUT2D eigenvalue weighted by atomic mass is 32.1. The van der Waals surface area contributed by atoms with Gasteiger partial charge in [0.1, 0.15) is 11.8 Å². The van der Waals surface area contributed by atoms with Crippen LogP contribution < -0.4 is 5.32 Å². The molecule has 130 valence electrons. The molecule has 4 heterocycles. The maximum Gasteiger partial charge on any atom is 0.269 e. The van der Waals surface area contributed by atoms with Crippen LogP contribution in [0.5, 0.6) is 0 Å². The zero-order valence-corrected chi connectivity index (χ0v) is 14.2. The third kappa shape index (κ3) is 3.62. The van der Waals surface area contributed by atoms with Gasteiger partial charge in [0.25, 0.3) is 11.8 Å². The number of aromatic nitrogens is 4. The molecule has 1 aliphatic heterocycles. The Morgan fingerprint density at radius 1 is 1.48 bits per heavy atom. The van der Waals surface area contributed by atoms with E-state index in [9.17, 15) is 4.79 Å².